The standard InChI is InChI=1S/C11H19F3N4O2.ClH/c1-10(5-15)2-3-18(7-10)4-8(19)17-9(20)16-6-11(12,13)14;/h2-7,15H2,1H3,(H2,16,17,19,20);1H. The minimum absolute atomic E-state index is 0. The molecule has 0 saturated carbocycles. The van der Waals surface area contributed by atoms with Crippen molar-refractivity contribution in [3.8, 4) is 0 Å². The van der Waals surface area contributed by atoms with Gasteiger partial charge in [-0.15, -0.1) is 12.4 Å². The quantitative estimate of drug-likeness (QED) is 0.698. The van der Waals surface area contributed by atoms with Crippen LogP contribution in [0.4, 0.5) is 18.0 Å². The number of rotatable bonds is 4. The van der Waals surface area contributed by atoms with Gasteiger partial charge in [0.05, 0.1) is 6.54 Å². The first kappa shape index (κ1) is 19.9. The van der Waals surface area contributed by atoms with Crippen LogP contribution in [0.3, 0.4) is 0 Å². The normalized spacial score (nSPS) is 22.5. The van der Waals surface area contributed by atoms with Crippen molar-refractivity contribution in [1.82, 2.24) is 15.5 Å². The molecule has 0 spiro atoms. The van der Waals surface area contributed by atoms with Crippen LogP contribution < -0.4 is 16.4 Å². The van der Waals surface area contributed by atoms with Gasteiger partial charge in [0.15, 0.2) is 0 Å². The van der Waals surface area contributed by atoms with Crippen LogP contribution in [0.1, 0.15) is 13.3 Å². The number of nitrogens with one attached hydrogen (secondary N) is 2. The van der Waals surface area contributed by atoms with Gasteiger partial charge < -0.3 is 11.1 Å². The van der Waals surface area contributed by atoms with Crippen LogP contribution in [-0.4, -0.2) is 55.7 Å². The third-order valence-electron chi connectivity index (χ3n) is 3.20. The van der Waals surface area contributed by atoms with Gasteiger partial charge in [-0.25, -0.2) is 4.79 Å². The van der Waals surface area contributed by atoms with Gasteiger partial charge in [-0.05, 0) is 24.9 Å². The molecule has 124 valence electrons. The fraction of sp³-hybridized carbons (Fsp3) is 0.818. The molecule has 21 heavy (non-hydrogen) atoms. The van der Waals surface area contributed by atoms with E-state index in [-0.39, 0.29) is 24.4 Å². The summed E-state index contributed by atoms with van der Waals surface area (Å²) in [5, 5.41) is 3.43. The Hall–Kier alpha value is -1.06. The monoisotopic (exact) mass is 332 g/mol. The molecule has 10 heteroatoms. The summed E-state index contributed by atoms with van der Waals surface area (Å²) in [5.41, 5.74) is 5.57. The number of carbonyl (C=O) groups excluding carboxylic acids is 2. The molecule has 1 rings (SSSR count). The van der Waals surface area contributed by atoms with E-state index in [2.05, 4.69) is 0 Å². The summed E-state index contributed by atoms with van der Waals surface area (Å²) < 4.78 is 35.6. The number of amides is 3. The molecular formula is C11H20ClF3N4O2. The lowest BCUT2D eigenvalue weighted by molar-refractivity contribution is -0.125. The van der Waals surface area contributed by atoms with Gasteiger partial charge in [0.2, 0.25) is 5.91 Å². The van der Waals surface area contributed by atoms with Crippen molar-refractivity contribution in [2.45, 2.75) is 19.5 Å². The first-order valence-electron chi connectivity index (χ1n) is 6.20. The molecule has 0 aliphatic carbocycles. The molecule has 1 aliphatic heterocycles. The lowest BCUT2D eigenvalue weighted by atomic mass is 9.90. The van der Waals surface area contributed by atoms with Crippen molar-refractivity contribution in [2.75, 3.05) is 32.7 Å². The highest BCUT2D eigenvalue weighted by atomic mass is 35.5. The number of nitrogens with two attached hydrogens (primary N) is 1. The van der Waals surface area contributed by atoms with Crippen LogP contribution >= 0.6 is 12.4 Å². The molecule has 0 aromatic carbocycles. The Labute approximate surface area is 127 Å². The SMILES string of the molecule is CC1(CN)CCN(CC(=O)NC(=O)NCC(F)(F)F)C1.Cl. The number of hydrogen-bond acceptors (Lipinski definition) is 4. The second-order valence-electron chi connectivity index (χ2n) is 5.32. The zero-order valence-corrected chi connectivity index (χ0v) is 12.4. The number of nitrogens with zero attached hydrogens (tertiary/aromatic N) is 1. The zero-order chi connectivity index (χ0) is 15.4. The maximum Gasteiger partial charge on any atom is 0.405 e. The minimum atomic E-state index is -4.50. The summed E-state index contributed by atoms with van der Waals surface area (Å²) in [5.74, 6) is -0.633. The molecule has 0 aromatic heterocycles. The molecular weight excluding hydrogens is 313 g/mol. The maximum absolute atomic E-state index is 11.9. The van der Waals surface area contributed by atoms with Crippen LogP contribution in [0.15, 0.2) is 0 Å². The molecule has 1 aliphatic rings. The highest BCUT2D eigenvalue weighted by Crippen LogP contribution is 2.27. The van der Waals surface area contributed by atoms with Gasteiger partial charge in [0, 0.05) is 6.54 Å². The van der Waals surface area contributed by atoms with Gasteiger partial charge in [0.1, 0.15) is 6.54 Å². The smallest absolute Gasteiger partial charge is 0.330 e. The van der Waals surface area contributed by atoms with Crippen molar-refractivity contribution in [2.24, 2.45) is 11.1 Å². The number of likely N-dealkylation sites (tertiary alicyclic amines) is 1. The van der Waals surface area contributed by atoms with Crippen molar-refractivity contribution < 1.29 is 22.8 Å². The summed E-state index contributed by atoms with van der Waals surface area (Å²) in [6.45, 7) is 2.29. The van der Waals surface area contributed by atoms with Crippen LogP contribution in [0.5, 0.6) is 0 Å². The Kier molecular flexibility index (Phi) is 7.41. The van der Waals surface area contributed by atoms with Crippen LogP contribution in [-0.2, 0) is 4.79 Å². The fourth-order valence-electron chi connectivity index (χ4n) is 2.02. The van der Waals surface area contributed by atoms with Gasteiger partial charge in [0.25, 0.3) is 0 Å². The van der Waals surface area contributed by atoms with Crippen LogP contribution in [0.2, 0.25) is 0 Å². The number of urea groups is 1. The van der Waals surface area contributed by atoms with E-state index in [9.17, 15) is 22.8 Å². The minimum Gasteiger partial charge on any atom is -0.330 e. The predicted molar refractivity (Wildman–Crippen MR) is 73.1 cm³/mol. The number of imide groups is 1. The first-order chi connectivity index (χ1) is 9.13. The Morgan fingerprint density at radius 3 is 2.48 bits per heavy atom. The molecule has 1 heterocycles. The third-order valence-corrected chi connectivity index (χ3v) is 3.20. The highest BCUT2D eigenvalue weighted by molar-refractivity contribution is 5.95. The topological polar surface area (TPSA) is 87.5 Å². The molecule has 1 fully saturated rings. The van der Waals surface area contributed by atoms with E-state index >= 15 is 0 Å². The second-order valence-corrected chi connectivity index (χ2v) is 5.32. The predicted octanol–water partition coefficient (Wildman–Crippen LogP) is 0.467. The zero-order valence-electron chi connectivity index (χ0n) is 11.6. The van der Waals surface area contributed by atoms with Crippen LogP contribution in [0.25, 0.3) is 0 Å². The van der Waals surface area contributed by atoms with Crippen LogP contribution in [0, 0.1) is 5.41 Å². The molecule has 3 amide bonds. The van der Waals surface area contributed by atoms with E-state index in [1.54, 1.807) is 5.32 Å². The van der Waals surface area contributed by atoms with Crippen molar-refractivity contribution in [3.63, 3.8) is 0 Å². The van der Waals surface area contributed by atoms with E-state index in [0.29, 0.717) is 19.6 Å². The summed E-state index contributed by atoms with van der Waals surface area (Å²) in [4.78, 5) is 24.4. The molecule has 1 saturated heterocycles. The lowest BCUT2D eigenvalue weighted by Crippen LogP contribution is -2.46. The van der Waals surface area contributed by atoms with Gasteiger partial charge in [-0.3, -0.25) is 15.0 Å². The summed E-state index contributed by atoms with van der Waals surface area (Å²) >= 11 is 0. The van der Waals surface area contributed by atoms with Crippen molar-refractivity contribution in [1.29, 1.82) is 0 Å². The Morgan fingerprint density at radius 1 is 1.38 bits per heavy atom. The molecule has 0 bridgehead atoms. The number of halogens is 4. The largest absolute Gasteiger partial charge is 0.405 e. The van der Waals surface area contributed by atoms with Crippen molar-refractivity contribution >= 4 is 24.3 Å². The molecule has 1 unspecified atom stereocenters. The summed E-state index contributed by atoms with van der Waals surface area (Å²) in [6.07, 6.45) is -3.66. The molecule has 0 aromatic rings. The van der Waals surface area contributed by atoms with Gasteiger partial charge >= 0.3 is 12.2 Å². The van der Waals surface area contributed by atoms with E-state index in [1.165, 1.54) is 0 Å². The van der Waals surface area contributed by atoms with E-state index in [4.69, 9.17) is 5.73 Å². The summed E-state index contributed by atoms with van der Waals surface area (Å²) in [7, 11) is 0. The molecule has 4 N–H and O–H groups in total. The van der Waals surface area contributed by atoms with E-state index < -0.39 is 24.7 Å². The third kappa shape index (κ3) is 7.49. The average Bonchev–Trinajstić information content (AvgIpc) is 2.68. The fourth-order valence-corrected chi connectivity index (χ4v) is 2.02. The Morgan fingerprint density at radius 2 is 2.00 bits per heavy atom. The second kappa shape index (κ2) is 7.81. The van der Waals surface area contributed by atoms with Gasteiger partial charge in [-0.1, -0.05) is 6.92 Å². The number of carbonyl (C=O) groups is 2. The first-order valence-corrected chi connectivity index (χ1v) is 6.20. The molecule has 6 nitrogen and oxygen atoms in total. The summed E-state index contributed by atoms with van der Waals surface area (Å²) in [6, 6.07) is -1.15. The number of hydrogen-bond donors (Lipinski definition) is 3. The Bertz CT molecular complexity index is 381. The maximum atomic E-state index is 11.9. The van der Waals surface area contributed by atoms with Gasteiger partial charge in [-0.2, -0.15) is 13.2 Å². The van der Waals surface area contributed by atoms with E-state index in [1.807, 2.05) is 17.1 Å². The Balaban J connectivity index is 0.00000400. The lowest BCUT2D eigenvalue weighted by Gasteiger charge is -2.22. The molecule has 0 radical (unpaired) electrons. The number of alkyl halides is 3. The van der Waals surface area contributed by atoms with Crippen molar-refractivity contribution in [3.05, 3.63) is 0 Å². The average molecular weight is 333 g/mol. The highest BCUT2D eigenvalue weighted by Gasteiger charge is 2.33. The van der Waals surface area contributed by atoms with E-state index in [0.717, 1.165) is 6.42 Å². The molecule has 1 atom stereocenters.